The minimum atomic E-state index is -3.81. The van der Waals surface area contributed by atoms with Crippen LogP contribution in [0.4, 0.5) is 0 Å². The van der Waals surface area contributed by atoms with Crippen LogP contribution in [0.2, 0.25) is 0 Å². The Balaban J connectivity index is 3.99. The van der Waals surface area contributed by atoms with Crippen LogP contribution in [0.1, 0.15) is 0 Å². The van der Waals surface area contributed by atoms with Crippen LogP contribution < -0.4 is 0 Å². The van der Waals surface area contributed by atoms with Gasteiger partial charge in [-0.05, 0) is 0 Å². The molecule has 0 aromatic heterocycles. The maximum absolute atomic E-state index is 11.3. The van der Waals surface area contributed by atoms with Crippen molar-refractivity contribution in [1.29, 1.82) is 5.26 Å². The van der Waals surface area contributed by atoms with Crippen LogP contribution in [0.25, 0.3) is 5.41 Å². The number of allylic oxidation sites excluding steroid dienone is 1. The third kappa shape index (κ3) is 5.32. The van der Waals surface area contributed by atoms with Gasteiger partial charge in [0.2, 0.25) is 0 Å². The molecule has 0 unspecified atom stereocenters. The Labute approximate surface area is 94.2 Å². The van der Waals surface area contributed by atoms with Crippen LogP contribution >= 0.6 is 0 Å². The van der Waals surface area contributed by atoms with Crippen LogP contribution in [-0.4, -0.2) is 39.9 Å². The van der Waals surface area contributed by atoms with Gasteiger partial charge < -0.3 is 14.9 Å². The molecular weight excluding hydrogens is 232 g/mol. The van der Waals surface area contributed by atoms with Crippen LogP contribution in [-0.2, 0) is 19.3 Å². The number of hydrogen-bond acceptors (Lipinski definition) is 5. The molecule has 0 fully saturated rings. The highest BCUT2D eigenvalue weighted by atomic mass is 32.2. The molecule has 0 aliphatic rings. The van der Waals surface area contributed by atoms with Crippen molar-refractivity contribution in [2.24, 2.45) is 0 Å². The van der Waals surface area contributed by atoms with Crippen molar-refractivity contribution in [1.82, 2.24) is 0 Å². The fourth-order valence-electron chi connectivity index (χ4n) is 0.727. The zero-order valence-electron chi connectivity index (χ0n) is 8.55. The molecule has 0 spiro atoms. The lowest BCUT2D eigenvalue weighted by Crippen LogP contribution is -2.15. The molecule has 0 rings (SSSR count). The zero-order chi connectivity index (χ0) is 12.4. The van der Waals surface area contributed by atoms with E-state index in [2.05, 4.69) is 6.58 Å². The first-order valence-corrected chi connectivity index (χ1v) is 5.94. The lowest BCUT2D eigenvalue weighted by molar-refractivity contribution is 0.0945. The minimum absolute atomic E-state index is 0.0876. The molecule has 0 atom stereocenters. The Bertz CT molecular complexity index is 415. The van der Waals surface area contributed by atoms with Gasteiger partial charge in [-0.25, -0.2) is 14.3 Å². The van der Waals surface area contributed by atoms with E-state index in [1.807, 2.05) is 0 Å². The van der Waals surface area contributed by atoms with Gasteiger partial charge in [-0.2, -0.15) is 5.26 Å². The molecule has 6 nitrogen and oxygen atoms in total. The van der Waals surface area contributed by atoms with Gasteiger partial charge in [0.05, 0.1) is 25.2 Å². The van der Waals surface area contributed by atoms with E-state index in [0.29, 0.717) is 0 Å². The molecule has 0 aromatic rings. The van der Waals surface area contributed by atoms with Crippen molar-refractivity contribution in [2.45, 2.75) is 0 Å². The molecule has 0 heterocycles. The van der Waals surface area contributed by atoms with Crippen molar-refractivity contribution < 1.29 is 17.9 Å². The number of sulfone groups is 1. The zero-order valence-corrected chi connectivity index (χ0v) is 9.37. The first-order valence-electron chi connectivity index (χ1n) is 4.28. The highest BCUT2D eigenvalue weighted by Gasteiger charge is 2.15. The van der Waals surface area contributed by atoms with E-state index in [1.165, 1.54) is 18.2 Å². The predicted molar refractivity (Wildman–Crippen MR) is 58.2 cm³/mol. The normalized spacial score (nSPS) is 9.94. The average molecular weight is 243 g/mol. The molecule has 7 heteroatoms. The van der Waals surface area contributed by atoms with Crippen LogP contribution in [0.15, 0.2) is 17.7 Å². The monoisotopic (exact) mass is 243 g/mol. The second kappa shape index (κ2) is 7.65. The van der Waals surface area contributed by atoms with Gasteiger partial charge in [0.1, 0.15) is 12.7 Å². The average Bonchev–Trinajstić information content (AvgIpc) is 2.24. The number of nitriles is 1. The summed E-state index contributed by atoms with van der Waals surface area (Å²) < 4.78 is 32.2. The summed E-state index contributed by atoms with van der Waals surface area (Å²) in [7, 11) is -3.81. The number of ether oxygens (including phenoxy) is 2. The molecule has 0 bridgehead atoms. The topological polar surface area (TPSA) is 98.7 Å². The summed E-state index contributed by atoms with van der Waals surface area (Å²) in [5, 5.41) is 16.7. The third-order valence-corrected chi connectivity index (χ3v) is 2.98. The van der Waals surface area contributed by atoms with Crippen LogP contribution in [0.5, 0.6) is 0 Å². The molecule has 0 N–H and O–H groups in total. The maximum atomic E-state index is 11.3. The standard InChI is InChI=1S/C9H11N2O4S/c1-2-14-3-4-15-5-6-16(12,13)9(7-10)8-11/h2H,1,3-6H2/q-1. The molecule has 0 amide bonds. The predicted octanol–water partition coefficient (Wildman–Crippen LogP) is 0.224. The molecule has 0 radical (unpaired) electrons. The summed E-state index contributed by atoms with van der Waals surface area (Å²) in [4.78, 5) is -0.793. The smallest absolute Gasteiger partial charge is 0.196 e. The van der Waals surface area contributed by atoms with E-state index in [0.717, 1.165) is 0 Å². The van der Waals surface area contributed by atoms with E-state index >= 15 is 0 Å². The first-order chi connectivity index (χ1) is 7.58. The minimum Gasteiger partial charge on any atom is -0.762 e. The lowest BCUT2D eigenvalue weighted by Gasteiger charge is -2.04. The number of hydrogen-bond donors (Lipinski definition) is 0. The summed E-state index contributed by atoms with van der Waals surface area (Å²) in [6, 6.07) is 1.33. The van der Waals surface area contributed by atoms with Gasteiger partial charge >= 0.3 is 0 Å². The largest absolute Gasteiger partial charge is 0.762 e. The third-order valence-electron chi connectivity index (χ3n) is 1.47. The maximum Gasteiger partial charge on any atom is 0.196 e. The van der Waals surface area contributed by atoms with Gasteiger partial charge in [-0.1, -0.05) is 6.58 Å². The summed E-state index contributed by atoms with van der Waals surface area (Å²) in [6.07, 6.45) is 1.25. The first kappa shape index (κ1) is 14.4. The number of rotatable bonds is 8. The fraction of sp³-hybridized carbons (Fsp3) is 0.444. The Morgan fingerprint density at radius 2 is 2.12 bits per heavy atom. The van der Waals surface area contributed by atoms with E-state index in [1.54, 1.807) is 0 Å². The molecular formula is C9H11N2O4S-. The Morgan fingerprint density at radius 3 is 2.62 bits per heavy atom. The van der Waals surface area contributed by atoms with Gasteiger partial charge in [-0.3, -0.25) is 0 Å². The Morgan fingerprint density at radius 1 is 1.44 bits per heavy atom. The molecule has 0 saturated carbocycles. The molecule has 0 saturated heterocycles. The lowest BCUT2D eigenvalue weighted by atomic mass is 10.7. The summed E-state index contributed by atoms with van der Waals surface area (Å²) in [5.74, 6) is 0.936. The van der Waals surface area contributed by atoms with Gasteiger partial charge in [0.15, 0.2) is 14.7 Å². The van der Waals surface area contributed by atoms with E-state index in [9.17, 15) is 8.42 Å². The summed E-state index contributed by atoms with van der Waals surface area (Å²) >= 11 is 0. The molecule has 88 valence electrons. The van der Waals surface area contributed by atoms with Crippen LogP contribution in [0, 0.1) is 11.3 Å². The Hall–Kier alpha value is -1.61. The molecule has 0 aromatic carbocycles. The quantitative estimate of drug-likeness (QED) is 0.263. The van der Waals surface area contributed by atoms with Crippen molar-refractivity contribution in [3.8, 4) is 6.07 Å². The van der Waals surface area contributed by atoms with Gasteiger partial charge in [-0.15, -0.1) is 0 Å². The second-order valence-electron chi connectivity index (χ2n) is 2.52. The molecule has 16 heavy (non-hydrogen) atoms. The van der Waals surface area contributed by atoms with Crippen molar-refractivity contribution in [3.05, 3.63) is 23.2 Å². The highest BCUT2D eigenvalue weighted by molar-refractivity contribution is 7.95. The van der Waals surface area contributed by atoms with Crippen molar-refractivity contribution in [3.63, 3.8) is 0 Å². The van der Waals surface area contributed by atoms with Gasteiger partial charge in [0.25, 0.3) is 0 Å². The SMILES string of the molecule is C=COCCOCCS(=O)(=O)C(=C=[N-])C#N. The van der Waals surface area contributed by atoms with E-state index < -0.39 is 20.5 Å². The number of nitrogens with zero attached hydrogens (tertiary/aromatic N) is 2. The van der Waals surface area contributed by atoms with Gasteiger partial charge in [0, 0.05) is 0 Å². The highest BCUT2D eigenvalue weighted by Crippen LogP contribution is 2.02. The molecule has 0 aliphatic carbocycles. The fourth-order valence-corrected chi connectivity index (χ4v) is 1.55. The van der Waals surface area contributed by atoms with Crippen molar-refractivity contribution >= 4 is 15.7 Å². The summed E-state index contributed by atoms with van der Waals surface area (Å²) in [6.45, 7) is 3.72. The van der Waals surface area contributed by atoms with Crippen molar-refractivity contribution in [2.75, 3.05) is 25.6 Å². The second-order valence-corrected chi connectivity index (χ2v) is 4.57. The van der Waals surface area contributed by atoms with Crippen LogP contribution in [0.3, 0.4) is 0 Å². The van der Waals surface area contributed by atoms with E-state index in [4.69, 9.17) is 20.1 Å². The summed E-state index contributed by atoms with van der Waals surface area (Å²) in [5.41, 5.74) is 0. The van der Waals surface area contributed by atoms with E-state index in [-0.39, 0.29) is 19.8 Å². The molecule has 0 aliphatic heterocycles. The Kier molecular flexibility index (Phi) is 6.88.